The second kappa shape index (κ2) is 5.78. The second-order valence-corrected chi connectivity index (χ2v) is 4.40. The van der Waals surface area contributed by atoms with Gasteiger partial charge in [0.05, 0.1) is 0 Å². The topological polar surface area (TPSA) is 25.8 Å². The number of nitrogens with zero attached hydrogens (tertiary/aromatic N) is 2. The van der Waals surface area contributed by atoms with Gasteiger partial charge in [-0.3, -0.25) is 0 Å². The maximum absolute atomic E-state index is 6.00. The SMILES string of the molecule is CCCc1cc(Cl)nc(Cc2ccccc2)n1. The summed E-state index contributed by atoms with van der Waals surface area (Å²) in [6.45, 7) is 2.13. The Morgan fingerprint density at radius 2 is 1.88 bits per heavy atom. The first-order valence-electron chi connectivity index (χ1n) is 5.84. The monoisotopic (exact) mass is 246 g/mol. The van der Waals surface area contributed by atoms with Crippen LogP contribution in [0.15, 0.2) is 36.4 Å². The van der Waals surface area contributed by atoms with Gasteiger partial charge in [0.25, 0.3) is 0 Å². The van der Waals surface area contributed by atoms with E-state index in [1.807, 2.05) is 24.3 Å². The molecule has 0 bridgehead atoms. The first kappa shape index (κ1) is 12.1. The summed E-state index contributed by atoms with van der Waals surface area (Å²) in [5.74, 6) is 0.798. The molecule has 0 aliphatic carbocycles. The van der Waals surface area contributed by atoms with Crippen LogP contribution in [0, 0.1) is 0 Å². The van der Waals surface area contributed by atoms with Crippen LogP contribution in [0.3, 0.4) is 0 Å². The number of benzene rings is 1. The molecule has 88 valence electrons. The lowest BCUT2D eigenvalue weighted by atomic mass is 10.1. The van der Waals surface area contributed by atoms with Gasteiger partial charge in [-0.05, 0) is 18.1 Å². The number of halogens is 1. The van der Waals surface area contributed by atoms with Gasteiger partial charge in [-0.2, -0.15) is 0 Å². The molecular weight excluding hydrogens is 232 g/mol. The van der Waals surface area contributed by atoms with Gasteiger partial charge in [-0.1, -0.05) is 55.3 Å². The Hall–Kier alpha value is -1.41. The van der Waals surface area contributed by atoms with E-state index in [0.717, 1.165) is 30.8 Å². The molecule has 0 unspecified atom stereocenters. The van der Waals surface area contributed by atoms with Gasteiger partial charge >= 0.3 is 0 Å². The molecule has 1 heterocycles. The highest BCUT2D eigenvalue weighted by Crippen LogP contribution is 2.12. The van der Waals surface area contributed by atoms with E-state index < -0.39 is 0 Å². The van der Waals surface area contributed by atoms with Crippen molar-refractivity contribution < 1.29 is 0 Å². The van der Waals surface area contributed by atoms with Gasteiger partial charge in [0.2, 0.25) is 0 Å². The predicted molar refractivity (Wildman–Crippen MR) is 70.3 cm³/mol. The van der Waals surface area contributed by atoms with Crippen molar-refractivity contribution in [3.63, 3.8) is 0 Å². The van der Waals surface area contributed by atoms with Crippen LogP contribution >= 0.6 is 11.6 Å². The number of aromatic nitrogens is 2. The zero-order valence-electron chi connectivity index (χ0n) is 9.86. The van der Waals surface area contributed by atoms with Crippen LogP contribution in [0.2, 0.25) is 5.15 Å². The summed E-state index contributed by atoms with van der Waals surface area (Å²) in [5.41, 5.74) is 2.23. The van der Waals surface area contributed by atoms with E-state index in [-0.39, 0.29) is 0 Å². The molecule has 0 saturated heterocycles. The van der Waals surface area contributed by atoms with Crippen LogP contribution in [0.5, 0.6) is 0 Å². The quantitative estimate of drug-likeness (QED) is 0.770. The minimum atomic E-state index is 0.536. The highest BCUT2D eigenvalue weighted by Gasteiger charge is 2.03. The Bertz CT molecular complexity index is 483. The zero-order valence-corrected chi connectivity index (χ0v) is 10.6. The van der Waals surface area contributed by atoms with E-state index in [1.165, 1.54) is 5.56 Å². The van der Waals surface area contributed by atoms with Crippen LogP contribution in [0.4, 0.5) is 0 Å². The van der Waals surface area contributed by atoms with Crippen molar-refractivity contribution in [1.82, 2.24) is 9.97 Å². The summed E-state index contributed by atoms with van der Waals surface area (Å²) in [4.78, 5) is 8.79. The van der Waals surface area contributed by atoms with E-state index in [9.17, 15) is 0 Å². The molecule has 0 aliphatic heterocycles. The molecule has 3 heteroatoms. The summed E-state index contributed by atoms with van der Waals surface area (Å²) in [6, 6.07) is 12.0. The Morgan fingerprint density at radius 3 is 2.59 bits per heavy atom. The third kappa shape index (κ3) is 3.53. The van der Waals surface area contributed by atoms with Crippen molar-refractivity contribution in [2.45, 2.75) is 26.2 Å². The van der Waals surface area contributed by atoms with Crippen LogP contribution in [0.1, 0.15) is 30.4 Å². The molecule has 0 amide bonds. The smallest absolute Gasteiger partial charge is 0.134 e. The van der Waals surface area contributed by atoms with Crippen molar-refractivity contribution in [2.24, 2.45) is 0 Å². The summed E-state index contributed by atoms with van der Waals surface area (Å²) >= 11 is 6.00. The second-order valence-electron chi connectivity index (χ2n) is 4.01. The number of hydrogen-bond acceptors (Lipinski definition) is 2. The molecule has 0 radical (unpaired) electrons. The Labute approximate surface area is 107 Å². The minimum Gasteiger partial charge on any atom is -0.237 e. The Morgan fingerprint density at radius 1 is 1.12 bits per heavy atom. The molecule has 0 atom stereocenters. The molecule has 0 N–H and O–H groups in total. The number of rotatable bonds is 4. The summed E-state index contributed by atoms with van der Waals surface area (Å²) in [6.07, 6.45) is 2.75. The molecule has 0 saturated carbocycles. The van der Waals surface area contributed by atoms with Crippen LogP contribution in [0.25, 0.3) is 0 Å². The van der Waals surface area contributed by atoms with Gasteiger partial charge < -0.3 is 0 Å². The Kier molecular flexibility index (Phi) is 4.10. The van der Waals surface area contributed by atoms with E-state index >= 15 is 0 Å². The molecule has 0 aliphatic rings. The van der Waals surface area contributed by atoms with Crippen LogP contribution < -0.4 is 0 Å². The van der Waals surface area contributed by atoms with Crippen molar-refractivity contribution in [3.8, 4) is 0 Å². The molecule has 1 aromatic carbocycles. The molecule has 0 fully saturated rings. The van der Waals surface area contributed by atoms with E-state index in [4.69, 9.17) is 11.6 Å². The lowest BCUT2D eigenvalue weighted by Crippen LogP contribution is -2.00. The number of aryl methyl sites for hydroxylation is 1. The lowest BCUT2D eigenvalue weighted by molar-refractivity contribution is 0.841. The minimum absolute atomic E-state index is 0.536. The summed E-state index contributed by atoms with van der Waals surface area (Å²) < 4.78 is 0. The van der Waals surface area contributed by atoms with Crippen LogP contribution in [-0.2, 0) is 12.8 Å². The van der Waals surface area contributed by atoms with Crippen molar-refractivity contribution in [2.75, 3.05) is 0 Å². The molecule has 2 aromatic rings. The van der Waals surface area contributed by atoms with E-state index in [0.29, 0.717) is 5.15 Å². The third-order valence-corrected chi connectivity index (χ3v) is 2.70. The van der Waals surface area contributed by atoms with Crippen molar-refractivity contribution in [3.05, 3.63) is 58.6 Å². The highest BCUT2D eigenvalue weighted by molar-refractivity contribution is 6.29. The molecular formula is C14H15ClN2. The average molecular weight is 247 g/mol. The normalized spacial score (nSPS) is 10.5. The predicted octanol–water partition coefficient (Wildman–Crippen LogP) is 3.67. The third-order valence-electron chi connectivity index (χ3n) is 2.51. The highest BCUT2D eigenvalue weighted by atomic mass is 35.5. The van der Waals surface area contributed by atoms with Gasteiger partial charge in [0.1, 0.15) is 11.0 Å². The van der Waals surface area contributed by atoms with Gasteiger partial charge in [0, 0.05) is 12.1 Å². The Balaban J connectivity index is 2.21. The van der Waals surface area contributed by atoms with E-state index in [2.05, 4.69) is 29.0 Å². The fourth-order valence-electron chi connectivity index (χ4n) is 1.76. The van der Waals surface area contributed by atoms with Gasteiger partial charge in [-0.15, -0.1) is 0 Å². The molecule has 2 rings (SSSR count). The van der Waals surface area contributed by atoms with E-state index in [1.54, 1.807) is 0 Å². The number of hydrogen-bond donors (Lipinski definition) is 0. The zero-order chi connectivity index (χ0) is 12.1. The average Bonchev–Trinajstić information content (AvgIpc) is 2.30. The molecule has 2 nitrogen and oxygen atoms in total. The molecule has 17 heavy (non-hydrogen) atoms. The lowest BCUT2D eigenvalue weighted by Gasteiger charge is -2.04. The fraction of sp³-hybridized carbons (Fsp3) is 0.286. The standard InChI is InChI=1S/C14H15ClN2/c1-2-6-12-10-13(15)17-14(16-12)9-11-7-4-3-5-8-11/h3-5,7-8,10H,2,6,9H2,1H3. The molecule has 1 aromatic heterocycles. The van der Waals surface area contributed by atoms with Crippen molar-refractivity contribution >= 4 is 11.6 Å². The fourth-order valence-corrected chi connectivity index (χ4v) is 1.98. The molecule has 0 spiro atoms. The first-order valence-corrected chi connectivity index (χ1v) is 6.22. The largest absolute Gasteiger partial charge is 0.237 e. The van der Waals surface area contributed by atoms with Crippen LogP contribution in [-0.4, -0.2) is 9.97 Å². The first-order chi connectivity index (χ1) is 8.28. The van der Waals surface area contributed by atoms with Gasteiger partial charge in [0.15, 0.2) is 0 Å². The van der Waals surface area contributed by atoms with Crippen molar-refractivity contribution in [1.29, 1.82) is 0 Å². The summed E-state index contributed by atoms with van der Waals surface area (Å²) in [5, 5.41) is 0.536. The van der Waals surface area contributed by atoms with Gasteiger partial charge in [-0.25, -0.2) is 9.97 Å². The summed E-state index contributed by atoms with van der Waals surface area (Å²) in [7, 11) is 0. The maximum Gasteiger partial charge on any atom is 0.134 e. The maximum atomic E-state index is 6.00.